The number of nitrogens with zero attached hydrogens (tertiary/aromatic N) is 4. The smallest absolute Gasteiger partial charge is 0.195 e. The van der Waals surface area contributed by atoms with Crippen LogP contribution in [-0.2, 0) is 20.5 Å². The second-order valence-corrected chi connectivity index (χ2v) is 9.81. The lowest BCUT2D eigenvalue weighted by Crippen LogP contribution is -2.74. The highest BCUT2D eigenvalue weighted by Crippen LogP contribution is 2.09. The Hall–Kier alpha value is -4.77. The average molecular weight is 508 g/mol. The van der Waals surface area contributed by atoms with E-state index in [4.69, 9.17) is 0 Å². The van der Waals surface area contributed by atoms with E-state index >= 15 is 0 Å². The summed E-state index contributed by atoms with van der Waals surface area (Å²) >= 11 is 0. The van der Waals surface area contributed by atoms with Gasteiger partial charge in [0.2, 0.25) is 0 Å². The zero-order chi connectivity index (χ0) is 26.9. The van der Waals surface area contributed by atoms with E-state index in [0.29, 0.717) is 0 Å². The van der Waals surface area contributed by atoms with Gasteiger partial charge < -0.3 is 0 Å². The van der Waals surface area contributed by atoms with E-state index in [0.717, 1.165) is 12.2 Å². The number of rotatable bonds is 6. The first-order valence-electron chi connectivity index (χ1n) is 13.4. The summed E-state index contributed by atoms with van der Waals surface area (Å²) in [4.78, 5) is 0. The van der Waals surface area contributed by atoms with Gasteiger partial charge >= 0.3 is 0 Å². The number of aromatic nitrogens is 4. The minimum absolute atomic E-state index is 0.862. The molecule has 0 aliphatic carbocycles. The van der Waals surface area contributed by atoms with Gasteiger partial charge in [0.1, 0.15) is 11.4 Å². The van der Waals surface area contributed by atoms with E-state index < -0.39 is 6.15 Å². The standard InChI is InChI=1S/C24H20B.C10H13N4/c1-5-13-21(14-6-1)25(22-15-7-2-8-16-22,23-17-9-3-10-18-23)24-19-11-4-12-20-24;1-13-10(14(2)12-11-13)8-9-6-4-3-5-7-9/h1-20H;3-7H,8H2,1-2H3/q-1;+1. The first-order valence-corrected chi connectivity index (χ1v) is 13.4. The third kappa shape index (κ3) is 5.58. The molecule has 0 fully saturated rings. The van der Waals surface area contributed by atoms with E-state index in [2.05, 4.69) is 144 Å². The van der Waals surface area contributed by atoms with Crippen molar-refractivity contribution in [2.45, 2.75) is 6.42 Å². The van der Waals surface area contributed by atoms with Crippen molar-refractivity contribution in [1.82, 2.24) is 15.1 Å². The predicted octanol–water partition coefficient (Wildman–Crippen LogP) is 3.29. The molecule has 0 aliphatic rings. The lowest BCUT2D eigenvalue weighted by Gasteiger charge is -2.44. The Morgan fingerprint density at radius 2 is 0.872 bits per heavy atom. The van der Waals surface area contributed by atoms with Crippen molar-refractivity contribution in [3.63, 3.8) is 0 Å². The largest absolute Gasteiger partial charge is 0.260 e. The maximum absolute atomic E-state index is 3.94. The van der Waals surface area contributed by atoms with Crippen molar-refractivity contribution in [1.29, 1.82) is 0 Å². The van der Waals surface area contributed by atoms with Gasteiger partial charge in [-0.25, -0.2) is 0 Å². The summed E-state index contributed by atoms with van der Waals surface area (Å²) in [5.74, 6) is 1.09. The highest BCUT2D eigenvalue weighted by Gasteiger charge is 2.31. The molecule has 0 bridgehead atoms. The summed E-state index contributed by atoms with van der Waals surface area (Å²) < 4.78 is 3.60. The molecule has 5 aromatic carbocycles. The van der Waals surface area contributed by atoms with E-state index in [9.17, 15) is 0 Å². The van der Waals surface area contributed by atoms with Gasteiger partial charge in [0.15, 0.2) is 5.21 Å². The van der Waals surface area contributed by atoms with Crippen LogP contribution in [0, 0.1) is 0 Å². The van der Waals surface area contributed by atoms with Crippen LogP contribution in [-0.4, -0.2) is 21.3 Å². The maximum atomic E-state index is 3.94. The summed E-state index contributed by atoms with van der Waals surface area (Å²) in [6, 6.07) is 53.8. The van der Waals surface area contributed by atoms with Gasteiger partial charge in [-0.1, -0.05) is 156 Å². The zero-order valence-corrected chi connectivity index (χ0v) is 22.5. The third-order valence-corrected chi connectivity index (χ3v) is 7.46. The van der Waals surface area contributed by atoms with Gasteiger partial charge in [-0.05, 0) is 5.56 Å². The Labute approximate surface area is 231 Å². The van der Waals surface area contributed by atoms with Gasteiger partial charge in [0.25, 0.3) is 5.82 Å². The molecule has 0 spiro atoms. The summed E-state index contributed by atoms with van der Waals surface area (Å²) in [6.07, 6.45) is -0.354. The van der Waals surface area contributed by atoms with Crippen LogP contribution < -0.4 is 26.5 Å². The molecular formula is C34H33BN4. The number of hydrogen-bond donors (Lipinski definition) is 0. The van der Waals surface area contributed by atoms with Gasteiger partial charge in [0.05, 0.1) is 20.5 Å². The highest BCUT2D eigenvalue weighted by molar-refractivity contribution is 7.19. The molecular weight excluding hydrogens is 475 g/mol. The van der Waals surface area contributed by atoms with Crippen LogP contribution in [0.25, 0.3) is 0 Å². The summed E-state index contributed by atoms with van der Waals surface area (Å²) in [5, 5.41) is 7.88. The minimum Gasteiger partial charge on any atom is -0.195 e. The second-order valence-electron chi connectivity index (χ2n) is 9.81. The number of aryl methyl sites for hydroxylation is 2. The first kappa shape index (κ1) is 25.9. The van der Waals surface area contributed by atoms with Gasteiger partial charge in [-0.2, -0.15) is 21.9 Å². The molecule has 0 atom stereocenters. The molecule has 1 heterocycles. The van der Waals surface area contributed by atoms with Crippen molar-refractivity contribution in [2.75, 3.05) is 0 Å². The SMILES string of the molecule is Cn1nn[n+](C)c1Cc1ccccc1.c1ccc([B-](c2ccccc2)(c2ccccc2)c2ccccc2)cc1. The van der Waals surface area contributed by atoms with E-state index in [1.165, 1.54) is 27.4 Å². The Bertz CT molecular complexity index is 1390. The summed E-state index contributed by atoms with van der Waals surface area (Å²) in [5.41, 5.74) is 6.63. The Kier molecular flexibility index (Phi) is 8.08. The zero-order valence-electron chi connectivity index (χ0n) is 22.5. The van der Waals surface area contributed by atoms with Crippen molar-refractivity contribution >= 4 is 28.0 Å². The molecule has 0 saturated heterocycles. The molecule has 0 saturated carbocycles. The Morgan fingerprint density at radius 3 is 1.18 bits per heavy atom. The van der Waals surface area contributed by atoms with Crippen LogP contribution in [0.2, 0.25) is 0 Å². The molecule has 0 aliphatic heterocycles. The summed E-state index contributed by atoms with van der Waals surface area (Å²) in [7, 11) is 3.82. The highest BCUT2D eigenvalue weighted by atomic mass is 15.6. The van der Waals surface area contributed by atoms with E-state index in [1.54, 1.807) is 9.36 Å². The number of tetrazole rings is 1. The summed E-state index contributed by atoms with van der Waals surface area (Å²) in [6.45, 7) is 0. The molecule has 6 aromatic rings. The van der Waals surface area contributed by atoms with Crippen LogP contribution >= 0.6 is 0 Å². The first-order chi connectivity index (χ1) is 19.2. The van der Waals surface area contributed by atoms with Crippen LogP contribution in [0.3, 0.4) is 0 Å². The van der Waals surface area contributed by atoms with E-state index in [-0.39, 0.29) is 0 Å². The van der Waals surface area contributed by atoms with E-state index in [1.807, 2.05) is 32.3 Å². The van der Waals surface area contributed by atoms with Gasteiger partial charge in [-0.3, -0.25) is 0 Å². The fourth-order valence-electron chi connectivity index (χ4n) is 5.56. The van der Waals surface area contributed by atoms with Crippen molar-refractivity contribution in [2.24, 2.45) is 14.1 Å². The van der Waals surface area contributed by atoms with Crippen LogP contribution in [0.5, 0.6) is 0 Å². The number of hydrogen-bond acceptors (Lipinski definition) is 2. The molecule has 0 radical (unpaired) electrons. The predicted molar refractivity (Wildman–Crippen MR) is 161 cm³/mol. The average Bonchev–Trinajstić information content (AvgIpc) is 3.33. The molecule has 39 heavy (non-hydrogen) atoms. The molecule has 4 nitrogen and oxygen atoms in total. The molecule has 6 rings (SSSR count). The lowest BCUT2D eigenvalue weighted by atomic mass is 9.13. The van der Waals surface area contributed by atoms with Crippen molar-refractivity contribution in [3.05, 3.63) is 163 Å². The molecule has 0 N–H and O–H groups in total. The van der Waals surface area contributed by atoms with Crippen LogP contribution in [0.4, 0.5) is 0 Å². The molecule has 0 unspecified atom stereocenters. The van der Waals surface area contributed by atoms with Crippen molar-refractivity contribution < 1.29 is 4.68 Å². The van der Waals surface area contributed by atoms with Crippen LogP contribution in [0.1, 0.15) is 11.4 Å². The van der Waals surface area contributed by atoms with Crippen molar-refractivity contribution in [3.8, 4) is 0 Å². The molecule has 192 valence electrons. The fourth-order valence-corrected chi connectivity index (χ4v) is 5.56. The molecule has 1 aromatic heterocycles. The second kappa shape index (κ2) is 12.2. The van der Waals surface area contributed by atoms with Gasteiger partial charge in [-0.15, -0.1) is 4.68 Å². The third-order valence-electron chi connectivity index (χ3n) is 7.46. The molecule has 0 amide bonds. The minimum atomic E-state index is -1.22. The fraction of sp³-hybridized carbons (Fsp3) is 0.0882. The monoisotopic (exact) mass is 508 g/mol. The lowest BCUT2D eigenvalue weighted by molar-refractivity contribution is -0.738. The Morgan fingerprint density at radius 1 is 0.538 bits per heavy atom. The van der Waals surface area contributed by atoms with Crippen LogP contribution in [0.15, 0.2) is 152 Å². The topological polar surface area (TPSA) is 34.6 Å². The molecule has 5 heteroatoms. The maximum Gasteiger partial charge on any atom is 0.260 e. The number of benzene rings is 5. The Balaban J connectivity index is 0.000000186. The van der Waals surface area contributed by atoms with Gasteiger partial charge in [0, 0.05) is 0 Å². The quantitative estimate of drug-likeness (QED) is 0.256. The normalized spacial score (nSPS) is 10.9.